The second kappa shape index (κ2) is 4.65. The number of hydrogen-bond acceptors (Lipinski definition) is 1. The Morgan fingerprint density at radius 3 is 1.93 bits per heavy atom. The van der Waals surface area contributed by atoms with Crippen LogP contribution in [0, 0.1) is 23.2 Å². The Kier molecular flexibility index (Phi) is 4.00. The molecule has 0 unspecified atom stereocenters. The summed E-state index contributed by atoms with van der Waals surface area (Å²) in [5.74, 6) is 2.64. The van der Waals surface area contributed by atoms with Gasteiger partial charge in [0.1, 0.15) is 0 Å². The first-order chi connectivity index (χ1) is 6.59. The van der Waals surface area contributed by atoms with E-state index in [2.05, 4.69) is 27.7 Å². The topological polar surface area (TPSA) is 26.0 Å². The van der Waals surface area contributed by atoms with Crippen LogP contribution in [-0.4, -0.2) is 6.54 Å². The zero-order valence-electron chi connectivity index (χ0n) is 10.3. The van der Waals surface area contributed by atoms with Crippen LogP contribution in [0.15, 0.2) is 0 Å². The smallest absolute Gasteiger partial charge is 0.00407 e. The normalized spacial score (nSPS) is 29.6. The van der Waals surface area contributed by atoms with E-state index in [1.165, 1.54) is 25.7 Å². The Labute approximate surface area is 89.5 Å². The van der Waals surface area contributed by atoms with E-state index in [9.17, 15) is 0 Å². The summed E-state index contributed by atoms with van der Waals surface area (Å²) >= 11 is 0. The number of nitrogens with two attached hydrogens (primary N) is 1. The van der Waals surface area contributed by atoms with Gasteiger partial charge in [0.2, 0.25) is 0 Å². The van der Waals surface area contributed by atoms with Crippen LogP contribution in [0.1, 0.15) is 53.4 Å². The zero-order chi connectivity index (χ0) is 10.8. The fourth-order valence-electron chi connectivity index (χ4n) is 3.42. The van der Waals surface area contributed by atoms with Gasteiger partial charge in [-0.2, -0.15) is 0 Å². The lowest BCUT2D eigenvalue weighted by Gasteiger charge is -2.16. The summed E-state index contributed by atoms with van der Waals surface area (Å²) < 4.78 is 0. The Hall–Kier alpha value is -0.0400. The highest BCUT2D eigenvalue weighted by Gasteiger charge is 2.58. The second-order valence-electron chi connectivity index (χ2n) is 5.53. The van der Waals surface area contributed by atoms with Gasteiger partial charge in [0.15, 0.2) is 0 Å². The molecule has 0 saturated heterocycles. The third-order valence-corrected chi connectivity index (χ3v) is 4.22. The molecule has 2 atom stereocenters. The number of hydrogen-bond donors (Lipinski definition) is 1. The maximum absolute atomic E-state index is 5.83. The molecule has 0 bridgehead atoms. The van der Waals surface area contributed by atoms with E-state index in [0.717, 1.165) is 24.3 Å². The average molecular weight is 197 g/mol. The SMILES string of the molecule is CCCC(CCC)[C@H]1[C@H](CN)C1(C)C. The largest absolute Gasteiger partial charge is 0.330 e. The van der Waals surface area contributed by atoms with Gasteiger partial charge in [-0.15, -0.1) is 0 Å². The van der Waals surface area contributed by atoms with Crippen molar-refractivity contribution in [1.82, 2.24) is 0 Å². The van der Waals surface area contributed by atoms with E-state index < -0.39 is 0 Å². The molecule has 1 fully saturated rings. The lowest BCUT2D eigenvalue weighted by atomic mass is 9.89. The van der Waals surface area contributed by atoms with Gasteiger partial charge in [0.05, 0.1) is 0 Å². The molecule has 0 aromatic heterocycles. The Bertz CT molecular complexity index is 168. The predicted octanol–water partition coefficient (Wildman–Crippen LogP) is 3.43. The molecule has 0 aromatic carbocycles. The average Bonchev–Trinajstić information content (AvgIpc) is 2.67. The van der Waals surface area contributed by atoms with Crippen LogP contribution in [0.25, 0.3) is 0 Å². The van der Waals surface area contributed by atoms with E-state index in [-0.39, 0.29) is 0 Å². The summed E-state index contributed by atoms with van der Waals surface area (Å²) in [6.07, 6.45) is 5.46. The Morgan fingerprint density at radius 2 is 1.64 bits per heavy atom. The molecular weight excluding hydrogens is 170 g/mol. The molecule has 2 N–H and O–H groups in total. The summed E-state index contributed by atoms with van der Waals surface area (Å²) in [5, 5.41) is 0. The highest BCUT2D eigenvalue weighted by Crippen LogP contribution is 2.62. The lowest BCUT2D eigenvalue weighted by Crippen LogP contribution is -2.09. The van der Waals surface area contributed by atoms with Gasteiger partial charge in [-0.1, -0.05) is 53.4 Å². The maximum atomic E-state index is 5.83. The van der Waals surface area contributed by atoms with Crippen molar-refractivity contribution in [2.75, 3.05) is 6.54 Å². The molecule has 0 aromatic rings. The van der Waals surface area contributed by atoms with Crippen molar-refractivity contribution in [2.45, 2.75) is 53.4 Å². The minimum atomic E-state index is 0.532. The van der Waals surface area contributed by atoms with Crippen LogP contribution >= 0.6 is 0 Å². The van der Waals surface area contributed by atoms with Gasteiger partial charge in [-0.05, 0) is 29.7 Å². The summed E-state index contributed by atoms with van der Waals surface area (Å²) in [4.78, 5) is 0. The van der Waals surface area contributed by atoms with Crippen molar-refractivity contribution >= 4 is 0 Å². The Morgan fingerprint density at radius 1 is 1.14 bits per heavy atom. The molecule has 1 nitrogen and oxygen atoms in total. The summed E-state index contributed by atoms with van der Waals surface area (Å²) in [5.41, 5.74) is 6.36. The molecule has 0 spiro atoms. The van der Waals surface area contributed by atoms with Crippen molar-refractivity contribution in [3.05, 3.63) is 0 Å². The van der Waals surface area contributed by atoms with Crippen molar-refractivity contribution in [2.24, 2.45) is 28.9 Å². The molecule has 14 heavy (non-hydrogen) atoms. The highest BCUT2D eigenvalue weighted by atomic mass is 14.7. The first-order valence-electron chi connectivity index (χ1n) is 6.29. The van der Waals surface area contributed by atoms with Crippen LogP contribution in [0.3, 0.4) is 0 Å². The minimum absolute atomic E-state index is 0.532. The van der Waals surface area contributed by atoms with E-state index in [1.807, 2.05) is 0 Å². The van der Waals surface area contributed by atoms with Crippen molar-refractivity contribution in [3.63, 3.8) is 0 Å². The monoisotopic (exact) mass is 197 g/mol. The minimum Gasteiger partial charge on any atom is -0.330 e. The first kappa shape index (κ1) is 12.0. The van der Waals surface area contributed by atoms with Gasteiger partial charge in [-0.25, -0.2) is 0 Å². The zero-order valence-corrected chi connectivity index (χ0v) is 10.3. The summed E-state index contributed by atoms with van der Waals surface area (Å²) in [6, 6.07) is 0. The van der Waals surface area contributed by atoms with Crippen LogP contribution < -0.4 is 5.73 Å². The standard InChI is InChI=1S/C13H27N/c1-5-7-10(8-6-2)12-11(9-14)13(12,3)4/h10-12H,5-9,14H2,1-4H3/t11-,12-/m0/s1. The second-order valence-corrected chi connectivity index (χ2v) is 5.53. The molecule has 1 aliphatic carbocycles. The third-order valence-electron chi connectivity index (χ3n) is 4.22. The fourth-order valence-corrected chi connectivity index (χ4v) is 3.42. The van der Waals surface area contributed by atoms with Gasteiger partial charge in [-0.3, -0.25) is 0 Å². The van der Waals surface area contributed by atoms with Crippen LogP contribution in [0.2, 0.25) is 0 Å². The quantitative estimate of drug-likeness (QED) is 0.693. The van der Waals surface area contributed by atoms with Gasteiger partial charge >= 0.3 is 0 Å². The molecule has 0 radical (unpaired) electrons. The molecule has 0 amide bonds. The maximum Gasteiger partial charge on any atom is -0.00407 e. The van der Waals surface area contributed by atoms with E-state index in [1.54, 1.807) is 0 Å². The molecule has 1 heteroatoms. The molecule has 0 aliphatic heterocycles. The Balaban J connectivity index is 2.53. The number of rotatable bonds is 6. The molecule has 1 aliphatic rings. The third kappa shape index (κ3) is 2.13. The predicted molar refractivity (Wildman–Crippen MR) is 63.1 cm³/mol. The summed E-state index contributed by atoms with van der Waals surface area (Å²) in [6.45, 7) is 10.3. The fraction of sp³-hybridized carbons (Fsp3) is 1.00. The van der Waals surface area contributed by atoms with Crippen LogP contribution in [0.5, 0.6) is 0 Å². The lowest BCUT2D eigenvalue weighted by molar-refractivity contribution is 0.340. The van der Waals surface area contributed by atoms with Crippen LogP contribution in [-0.2, 0) is 0 Å². The molecule has 84 valence electrons. The van der Waals surface area contributed by atoms with Gasteiger partial charge in [0, 0.05) is 0 Å². The molecular formula is C13H27N. The van der Waals surface area contributed by atoms with Crippen molar-refractivity contribution in [1.29, 1.82) is 0 Å². The van der Waals surface area contributed by atoms with E-state index in [0.29, 0.717) is 5.41 Å². The van der Waals surface area contributed by atoms with E-state index >= 15 is 0 Å². The summed E-state index contributed by atoms with van der Waals surface area (Å²) in [7, 11) is 0. The van der Waals surface area contributed by atoms with E-state index in [4.69, 9.17) is 5.73 Å². The molecule has 1 rings (SSSR count). The molecule has 0 heterocycles. The first-order valence-corrected chi connectivity index (χ1v) is 6.29. The van der Waals surface area contributed by atoms with Gasteiger partial charge in [0.25, 0.3) is 0 Å². The van der Waals surface area contributed by atoms with Crippen molar-refractivity contribution in [3.8, 4) is 0 Å². The van der Waals surface area contributed by atoms with Crippen LogP contribution in [0.4, 0.5) is 0 Å². The van der Waals surface area contributed by atoms with Crippen molar-refractivity contribution < 1.29 is 0 Å². The highest BCUT2D eigenvalue weighted by molar-refractivity contribution is 5.07. The van der Waals surface area contributed by atoms with Gasteiger partial charge < -0.3 is 5.73 Å². The molecule has 1 saturated carbocycles.